The van der Waals surface area contributed by atoms with Gasteiger partial charge < -0.3 is 5.32 Å². The zero-order valence-electron chi connectivity index (χ0n) is 10.4. The van der Waals surface area contributed by atoms with E-state index in [2.05, 4.69) is 5.32 Å². The fourth-order valence-corrected chi connectivity index (χ4v) is 1.89. The van der Waals surface area contributed by atoms with Crippen LogP contribution in [0.25, 0.3) is 0 Å². The number of nitriles is 1. The standard InChI is InChI=1S/C13H14Cl2N2O/c1-7(2)9(6-16)13(18)17-12-5-10(14)8(3)4-11(12)15/h4-5,7,9H,1-3H3,(H,17,18). The molecule has 0 bridgehead atoms. The number of hydrogen-bond donors (Lipinski definition) is 1. The smallest absolute Gasteiger partial charge is 0.242 e. The van der Waals surface area contributed by atoms with Crippen molar-refractivity contribution in [2.45, 2.75) is 20.8 Å². The zero-order chi connectivity index (χ0) is 13.9. The van der Waals surface area contributed by atoms with Crippen LogP contribution in [0.5, 0.6) is 0 Å². The SMILES string of the molecule is Cc1cc(Cl)c(NC(=O)C(C#N)C(C)C)cc1Cl. The third kappa shape index (κ3) is 3.38. The van der Waals surface area contributed by atoms with Gasteiger partial charge in [-0.2, -0.15) is 5.26 Å². The van der Waals surface area contributed by atoms with Crippen molar-refractivity contribution in [1.82, 2.24) is 0 Å². The van der Waals surface area contributed by atoms with Crippen molar-refractivity contribution in [1.29, 1.82) is 5.26 Å². The number of carbonyl (C=O) groups is 1. The number of benzene rings is 1. The molecular weight excluding hydrogens is 271 g/mol. The number of nitrogens with one attached hydrogen (secondary N) is 1. The summed E-state index contributed by atoms with van der Waals surface area (Å²) >= 11 is 12.0. The van der Waals surface area contributed by atoms with Gasteiger partial charge in [0.15, 0.2) is 0 Å². The number of hydrogen-bond acceptors (Lipinski definition) is 2. The van der Waals surface area contributed by atoms with Crippen LogP contribution in [0.1, 0.15) is 19.4 Å². The first-order chi connectivity index (χ1) is 8.36. The van der Waals surface area contributed by atoms with Crippen LogP contribution in [0.4, 0.5) is 5.69 Å². The van der Waals surface area contributed by atoms with Crippen LogP contribution >= 0.6 is 23.2 Å². The van der Waals surface area contributed by atoms with E-state index in [0.29, 0.717) is 15.7 Å². The molecule has 1 rings (SSSR count). The first-order valence-electron chi connectivity index (χ1n) is 5.53. The molecule has 0 heterocycles. The summed E-state index contributed by atoms with van der Waals surface area (Å²) in [5.41, 5.74) is 1.26. The van der Waals surface area contributed by atoms with Crippen molar-refractivity contribution in [3.05, 3.63) is 27.7 Å². The maximum absolute atomic E-state index is 11.9. The molecule has 0 radical (unpaired) electrons. The van der Waals surface area contributed by atoms with Crippen LogP contribution in [0.2, 0.25) is 10.0 Å². The van der Waals surface area contributed by atoms with Crippen molar-refractivity contribution in [2.75, 3.05) is 5.32 Å². The minimum absolute atomic E-state index is 0.0605. The number of nitrogens with zero attached hydrogens (tertiary/aromatic N) is 1. The molecule has 1 aromatic rings. The Balaban J connectivity index is 2.95. The number of aryl methyl sites for hydroxylation is 1. The van der Waals surface area contributed by atoms with Crippen molar-refractivity contribution in [2.24, 2.45) is 11.8 Å². The highest BCUT2D eigenvalue weighted by molar-refractivity contribution is 6.36. The molecule has 1 aromatic carbocycles. The van der Waals surface area contributed by atoms with Gasteiger partial charge in [-0.3, -0.25) is 4.79 Å². The third-order valence-electron chi connectivity index (χ3n) is 2.59. The minimum Gasteiger partial charge on any atom is -0.324 e. The molecule has 1 N–H and O–H groups in total. The van der Waals surface area contributed by atoms with E-state index in [1.165, 1.54) is 0 Å². The lowest BCUT2D eigenvalue weighted by Gasteiger charge is -2.14. The highest BCUT2D eigenvalue weighted by Gasteiger charge is 2.22. The summed E-state index contributed by atoms with van der Waals surface area (Å²) in [6.07, 6.45) is 0. The predicted octanol–water partition coefficient (Wildman–Crippen LogP) is 4.04. The molecule has 18 heavy (non-hydrogen) atoms. The summed E-state index contributed by atoms with van der Waals surface area (Å²) in [5.74, 6) is -1.13. The first-order valence-corrected chi connectivity index (χ1v) is 6.28. The number of halogens is 2. The van der Waals surface area contributed by atoms with E-state index in [0.717, 1.165) is 5.56 Å². The molecule has 1 amide bonds. The quantitative estimate of drug-likeness (QED) is 0.911. The number of rotatable bonds is 3. The Morgan fingerprint density at radius 1 is 1.33 bits per heavy atom. The van der Waals surface area contributed by atoms with E-state index < -0.39 is 5.92 Å². The van der Waals surface area contributed by atoms with Gasteiger partial charge in [0.1, 0.15) is 5.92 Å². The van der Waals surface area contributed by atoms with Crippen LogP contribution in [0.15, 0.2) is 12.1 Å². The summed E-state index contributed by atoms with van der Waals surface area (Å²) in [7, 11) is 0. The van der Waals surface area contributed by atoms with Crippen molar-refractivity contribution < 1.29 is 4.79 Å². The molecule has 0 saturated carbocycles. The molecule has 0 spiro atoms. The van der Waals surface area contributed by atoms with E-state index in [9.17, 15) is 4.79 Å². The first kappa shape index (κ1) is 14.8. The Morgan fingerprint density at radius 3 is 2.44 bits per heavy atom. The molecular formula is C13H14Cl2N2O. The number of carbonyl (C=O) groups excluding carboxylic acids is 1. The molecule has 1 atom stereocenters. The van der Waals surface area contributed by atoms with Crippen LogP contribution in [0, 0.1) is 30.1 Å². The lowest BCUT2D eigenvalue weighted by atomic mass is 9.96. The van der Waals surface area contributed by atoms with Crippen LogP contribution in [-0.4, -0.2) is 5.91 Å². The van der Waals surface area contributed by atoms with Gasteiger partial charge in [0, 0.05) is 5.02 Å². The second kappa shape index (κ2) is 6.08. The Kier molecular flexibility index (Phi) is 5.01. The lowest BCUT2D eigenvalue weighted by molar-refractivity contribution is -0.119. The lowest BCUT2D eigenvalue weighted by Crippen LogP contribution is -2.25. The summed E-state index contributed by atoms with van der Waals surface area (Å²) in [6, 6.07) is 5.24. The van der Waals surface area contributed by atoms with Gasteiger partial charge in [-0.15, -0.1) is 0 Å². The predicted molar refractivity (Wildman–Crippen MR) is 73.8 cm³/mol. The molecule has 0 aliphatic carbocycles. The fourth-order valence-electron chi connectivity index (χ4n) is 1.46. The highest BCUT2D eigenvalue weighted by Crippen LogP contribution is 2.29. The Labute approximate surface area is 117 Å². The number of anilines is 1. The molecule has 0 saturated heterocycles. The van der Waals surface area contributed by atoms with Gasteiger partial charge in [-0.05, 0) is 30.5 Å². The molecule has 0 aliphatic rings. The van der Waals surface area contributed by atoms with Gasteiger partial charge in [0.25, 0.3) is 0 Å². The van der Waals surface area contributed by atoms with Gasteiger partial charge in [0.05, 0.1) is 16.8 Å². The van der Waals surface area contributed by atoms with E-state index >= 15 is 0 Å². The molecule has 0 fully saturated rings. The minimum atomic E-state index is -0.707. The van der Waals surface area contributed by atoms with E-state index in [4.69, 9.17) is 28.5 Å². The van der Waals surface area contributed by atoms with Crippen LogP contribution < -0.4 is 5.32 Å². The summed E-state index contributed by atoms with van der Waals surface area (Å²) < 4.78 is 0. The normalized spacial score (nSPS) is 12.1. The monoisotopic (exact) mass is 284 g/mol. The van der Waals surface area contributed by atoms with Crippen LogP contribution in [0.3, 0.4) is 0 Å². The second-order valence-electron chi connectivity index (χ2n) is 4.42. The van der Waals surface area contributed by atoms with Gasteiger partial charge in [-0.25, -0.2) is 0 Å². The maximum atomic E-state index is 11.9. The molecule has 0 aliphatic heterocycles. The maximum Gasteiger partial charge on any atom is 0.242 e. The zero-order valence-corrected chi connectivity index (χ0v) is 11.9. The van der Waals surface area contributed by atoms with Crippen molar-refractivity contribution in [3.8, 4) is 6.07 Å². The van der Waals surface area contributed by atoms with E-state index in [-0.39, 0.29) is 11.8 Å². The van der Waals surface area contributed by atoms with Gasteiger partial charge >= 0.3 is 0 Å². The topological polar surface area (TPSA) is 52.9 Å². The number of amides is 1. The Hall–Kier alpha value is -1.24. The summed E-state index contributed by atoms with van der Waals surface area (Å²) in [6.45, 7) is 5.46. The van der Waals surface area contributed by atoms with Crippen LogP contribution in [-0.2, 0) is 4.79 Å². The average Bonchev–Trinajstić information content (AvgIpc) is 2.26. The fraction of sp³-hybridized carbons (Fsp3) is 0.385. The van der Waals surface area contributed by atoms with E-state index in [1.807, 2.05) is 26.8 Å². The summed E-state index contributed by atoms with van der Waals surface area (Å²) in [5, 5.41) is 12.5. The largest absolute Gasteiger partial charge is 0.324 e. The molecule has 5 heteroatoms. The Morgan fingerprint density at radius 2 is 1.94 bits per heavy atom. The van der Waals surface area contributed by atoms with Gasteiger partial charge in [-0.1, -0.05) is 37.0 Å². The highest BCUT2D eigenvalue weighted by atomic mass is 35.5. The second-order valence-corrected chi connectivity index (χ2v) is 5.24. The van der Waals surface area contributed by atoms with E-state index in [1.54, 1.807) is 12.1 Å². The van der Waals surface area contributed by atoms with Crippen molar-refractivity contribution in [3.63, 3.8) is 0 Å². The van der Waals surface area contributed by atoms with Gasteiger partial charge in [0.2, 0.25) is 5.91 Å². The Bertz CT molecular complexity index is 506. The van der Waals surface area contributed by atoms with Crippen molar-refractivity contribution >= 4 is 34.8 Å². The molecule has 0 aromatic heterocycles. The molecule has 96 valence electrons. The molecule has 3 nitrogen and oxygen atoms in total. The summed E-state index contributed by atoms with van der Waals surface area (Å²) in [4.78, 5) is 11.9. The third-order valence-corrected chi connectivity index (χ3v) is 3.31. The average molecular weight is 285 g/mol. The molecule has 1 unspecified atom stereocenters.